The molecule has 190 valence electrons. The fraction of sp³-hybridized carbons (Fsp3) is 0.200. The van der Waals surface area contributed by atoms with Gasteiger partial charge >= 0.3 is 18.5 Å². The van der Waals surface area contributed by atoms with Crippen LogP contribution in [0, 0.1) is 17.1 Å². The molecule has 0 aliphatic rings. The minimum atomic E-state index is -5.56. The number of hydrogen-bond donors (Lipinski definition) is 0. The first-order valence-corrected chi connectivity index (χ1v) is 9.26. The summed E-state index contributed by atoms with van der Waals surface area (Å²) in [7, 11) is 0.992. The monoisotopic (exact) mass is 525 g/mol. The van der Waals surface area contributed by atoms with E-state index in [1.807, 2.05) is 0 Å². The molecule has 0 N–H and O–H groups in total. The van der Waals surface area contributed by atoms with Crippen LogP contribution in [0.5, 0.6) is 0 Å². The number of hydrogen-bond acceptors (Lipinski definition) is 4. The molecule has 1 amide bonds. The molecule has 6 nitrogen and oxygen atoms in total. The first-order valence-electron chi connectivity index (χ1n) is 9.26. The van der Waals surface area contributed by atoms with Crippen LogP contribution in [0.25, 0.3) is 5.82 Å². The number of aromatic nitrogens is 3. The Morgan fingerprint density at radius 3 is 1.94 bits per heavy atom. The van der Waals surface area contributed by atoms with Crippen molar-refractivity contribution in [3.63, 3.8) is 0 Å². The van der Waals surface area contributed by atoms with Crippen molar-refractivity contribution < 1.29 is 48.7 Å². The van der Waals surface area contributed by atoms with Gasteiger partial charge in [0.15, 0.2) is 11.5 Å². The molecule has 0 radical (unpaired) electrons. The summed E-state index contributed by atoms with van der Waals surface area (Å²) in [4.78, 5) is 16.5. The summed E-state index contributed by atoms with van der Waals surface area (Å²) in [6.07, 6.45) is -16.4. The van der Waals surface area contributed by atoms with Crippen LogP contribution in [0.4, 0.5) is 49.6 Å². The topological polar surface area (TPSA) is 74.8 Å². The number of carbonyl (C=O) groups is 1. The van der Waals surface area contributed by atoms with E-state index in [-0.39, 0.29) is 16.4 Å². The fourth-order valence-electron chi connectivity index (χ4n) is 2.95. The first kappa shape index (κ1) is 26.4. The van der Waals surface area contributed by atoms with Crippen molar-refractivity contribution in [1.29, 1.82) is 5.26 Å². The van der Waals surface area contributed by atoms with Gasteiger partial charge in [0.2, 0.25) is 0 Å². The number of amides is 1. The number of carbonyl (C=O) groups excluding carboxylic acids is 1. The van der Waals surface area contributed by atoms with Gasteiger partial charge in [-0.1, -0.05) is 0 Å². The van der Waals surface area contributed by atoms with Crippen LogP contribution >= 0.6 is 0 Å². The summed E-state index contributed by atoms with van der Waals surface area (Å²) >= 11 is 0. The average Bonchev–Trinajstić information content (AvgIpc) is 3.22. The third-order valence-electron chi connectivity index (χ3n) is 4.65. The predicted molar refractivity (Wildman–Crippen MR) is 100 cm³/mol. The van der Waals surface area contributed by atoms with E-state index in [9.17, 15) is 54.0 Å². The molecule has 0 saturated carbocycles. The van der Waals surface area contributed by atoms with Gasteiger partial charge in [-0.05, 0) is 30.3 Å². The molecular formula is C20H9F10N5O. The maximum absolute atomic E-state index is 13.5. The zero-order valence-electron chi connectivity index (χ0n) is 17.4. The summed E-state index contributed by atoms with van der Waals surface area (Å²) in [5.74, 6) is -3.75. The van der Waals surface area contributed by atoms with Gasteiger partial charge in [-0.2, -0.15) is 49.9 Å². The highest BCUT2D eigenvalue weighted by atomic mass is 19.4. The number of nitriles is 1. The molecule has 3 rings (SSSR count). The van der Waals surface area contributed by atoms with Crippen molar-refractivity contribution in [2.75, 3.05) is 11.9 Å². The van der Waals surface area contributed by atoms with Crippen LogP contribution < -0.4 is 4.90 Å². The van der Waals surface area contributed by atoms with Crippen LogP contribution in [0.2, 0.25) is 0 Å². The van der Waals surface area contributed by atoms with Gasteiger partial charge in [0, 0.05) is 18.8 Å². The van der Waals surface area contributed by atoms with Gasteiger partial charge in [0.25, 0.3) is 5.91 Å². The normalized spacial score (nSPS) is 12.4. The number of halogens is 10. The van der Waals surface area contributed by atoms with E-state index in [1.54, 1.807) is 0 Å². The molecule has 1 aromatic carbocycles. The Morgan fingerprint density at radius 2 is 1.47 bits per heavy atom. The second-order valence-electron chi connectivity index (χ2n) is 7.03. The third kappa shape index (κ3) is 5.09. The fourth-order valence-corrected chi connectivity index (χ4v) is 2.95. The van der Waals surface area contributed by atoms with Gasteiger partial charge in [0.1, 0.15) is 28.8 Å². The summed E-state index contributed by atoms with van der Waals surface area (Å²) in [6, 6.07) is 4.39. The van der Waals surface area contributed by atoms with Crippen molar-refractivity contribution in [3.05, 3.63) is 70.4 Å². The maximum atomic E-state index is 13.5. The largest absolute Gasteiger partial charge is 0.435 e. The molecule has 36 heavy (non-hydrogen) atoms. The molecule has 2 aromatic heterocycles. The molecule has 0 aliphatic carbocycles. The number of alkyl halides is 9. The van der Waals surface area contributed by atoms with Gasteiger partial charge in [-0.25, -0.2) is 14.1 Å². The van der Waals surface area contributed by atoms with Crippen molar-refractivity contribution in [3.8, 4) is 11.9 Å². The van der Waals surface area contributed by atoms with Crippen LogP contribution in [0.15, 0.2) is 36.4 Å². The molecular weight excluding hydrogens is 516 g/mol. The number of nitrogens with zero attached hydrogens (tertiary/aromatic N) is 5. The lowest BCUT2D eigenvalue weighted by molar-refractivity contribution is -0.146. The van der Waals surface area contributed by atoms with E-state index < -0.39 is 70.3 Å². The highest BCUT2D eigenvalue weighted by Crippen LogP contribution is 2.39. The van der Waals surface area contributed by atoms with Crippen LogP contribution in [-0.2, 0) is 18.5 Å². The molecule has 3 aromatic rings. The SMILES string of the molecule is CN(C(=O)c1cc(C(F)(F)F)nn1-c1nc(C(F)(F)F)cc(C(F)(F)F)c1C#N)c1ccc(F)cc1. The van der Waals surface area contributed by atoms with Crippen LogP contribution in [0.3, 0.4) is 0 Å². The Balaban J connectivity index is 2.35. The number of anilines is 1. The highest BCUT2D eigenvalue weighted by molar-refractivity contribution is 6.05. The minimum absolute atomic E-state index is 0.0682. The Hall–Kier alpha value is -4.16. The molecule has 0 unspecified atom stereocenters. The van der Waals surface area contributed by atoms with E-state index in [4.69, 9.17) is 0 Å². The molecule has 0 aliphatic heterocycles. The molecule has 0 atom stereocenters. The van der Waals surface area contributed by atoms with Gasteiger partial charge in [-0.3, -0.25) is 4.79 Å². The van der Waals surface area contributed by atoms with Gasteiger partial charge in [0.05, 0.1) is 5.56 Å². The summed E-state index contributed by atoms with van der Waals surface area (Å²) in [5, 5.41) is 12.2. The Labute approximate surface area is 194 Å². The standard InChI is InChI=1S/C20H9F10N5O/c1-34(10-4-2-9(21)3-5-10)17(36)13-7-15(20(28,29)30)33-35(13)16-11(8-31)12(18(22,23)24)6-14(32-16)19(25,26)27/h2-7H,1H3. The molecule has 2 heterocycles. The van der Waals surface area contributed by atoms with Crippen molar-refractivity contribution in [2.24, 2.45) is 0 Å². The summed E-state index contributed by atoms with van der Waals surface area (Å²) in [5.41, 5.74) is -9.10. The van der Waals surface area contributed by atoms with Crippen molar-refractivity contribution in [2.45, 2.75) is 18.5 Å². The van der Waals surface area contributed by atoms with Gasteiger partial charge in [-0.15, -0.1) is 0 Å². The molecule has 0 bridgehead atoms. The first-order chi connectivity index (χ1) is 16.4. The van der Waals surface area contributed by atoms with E-state index in [1.165, 1.54) is 0 Å². The zero-order valence-corrected chi connectivity index (χ0v) is 17.4. The lowest BCUT2D eigenvalue weighted by Gasteiger charge is -2.19. The molecule has 0 saturated heterocycles. The maximum Gasteiger partial charge on any atom is 0.435 e. The van der Waals surface area contributed by atoms with E-state index >= 15 is 0 Å². The van der Waals surface area contributed by atoms with E-state index in [2.05, 4.69) is 10.1 Å². The second kappa shape index (κ2) is 8.81. The Morgan fingerprint density at radius 1 is 0.917 bits per heavy atom. The third-order valence-corrected chi connectivity index (χ3v) is 4.65. The molecule has 16 heteroatoms. The number of rotatable bonds is 3. The lowest BCUT2D eigenvalue weighted by Crippen LogP contribution is -2.29. The quantitative estimate of drug-likeness (QED) is 0.417. The number of benzene rings is 1. The van der Waals surface area contributed by atoms with E-state index in [0.717, 1.165) is 37.4 Å². The predicted octanol–water partition coefficient (Wildman–Crippen LogP) is 5.61. The van der Waals surface area contributed by atoms with Gasteiger partial charge < -0.3 is 4.90 Å². The highest BCUT2D eigenvalue weighted by Gasteiger charge is 2.43. The lowest BCUT2D eigenvalue weighted by atomic mass is 10.1. The van der Waals surface area contributed by atoms with Crippen LogP contribution in [-0.4, -0.2) is 27.7 Å². The minimum Gasteiger partial charge on any atom is -0.310 e. The smallest absolute Gasteiger partial charge is 0.310 e. The Kier molecular flexibility index (Phi) is 6.47. The van der Waals surface area contributed by atoms with Crippen LogP contribution in [0.1, 0.15) is 33.0 Å². The van der Waals surface area contributed by atoms with E-state index in [0.29, 0.717) is 4.90 Å². The summed E-state index contributed by atoms with van der Waals surface area (Å²) in [6.45, 7) is 0. The van der Waals surface area contributed by atoms with Crippen molar-refractivity contribution in [1.82, 2.24) is 14.8 Å². The molecule has 0 fully saturated rings. The zero-order chi connectivity index (χ0) is 27.2. The van der Waals surface area contributed by atoms with Crippen molar-refractivity contribution >= 4 is 11.6 Å². The number of pyridine rings is 1. The molecule has 0 spiro atoms. The Bertz CT molecular complexity index is 1350. The average molecular weight is 525 g/mol. The second-order valence-corrected chi connectivity index (χ2v) is 7.03. The summed E-state index contributed by atoms with van der Waals surface area (Å²) < 4.78 is 133.